The van der Waals surface area contributed by atoms with Crippen molar-refractivity contribution in [1.82, 2.24) is 19.7 Å². The van der Waals surface area contributed by atoms with Crippen LogP contribution in [0.25, 0.3) is 10.2 Å². The highest BCUT2D eigenvalue weighted by Gasteiger charge is 2.33. The van der Waals surface area contributed by atoms with Gasteiger partial charge >= 0.3 is 6.18 Å². The number of alkyl halides is 3. The van der Waals surface area contributed by atoms with Gasteiger partial charge in [-0.25, -0.2) is 4.98 Å². The first-order chi connectivity index (χ1) is 13.8. The Morgan fingerprint density at radius 2 is 1.93 bits per heavy atom. The summed E-state index contributed by atoms with van der Waals surface area (Å²) in [5, 5.41) is 7.52. The van der Waals surface area contributed by atoms with Crippen LogP contribution < -0.4 is 5.32 Å². The summed E-state index contributed by atoms with van der Waals surface area (Å²) in [5.74, 6) is -0.0851. The Bertz CT molecular complexity index is 1180. The minimum Gasteiger partial charge on any atom is -0.304 e. The number of nitrogens with zero attached hydrogens (tertiary/aromatic N) is 4. The molecule has 0 aliphatic heterocycles. The third-order valence-electron chi connectivity index (χ3n) is 4.28. The lowest BCUT2D eigenvalue weighted by Crippen LogP contribution is -2.12. The van der Waals surface area contributed by atoms with Gasteiger partial charge in [0.1, 0.15) is 10.5 Å². The maximum Gasteiger partial charge on any atom is 0.433 e. The fraction of sp³-hybridized carbons (Fsp3) is 0.158. The molecule has 29 heavy (non-hydrogen) atoms. The Morgan fingerprint density at radius 1 is 1.17 bits per heavy atom. The van der Waals surface area contributed by atoms with Gasteiger partial charge in [-0.1, -0.05) is 0 Å². The molecule has 148 valence electrons. The van der Waals surface area contributed by atoms with E-state index in [1.807, 2.05) is 12.1 Å². The number of fused-ring (bicyclic) bond motifs is 1. The highest BCUT2D eigenvalue weighted by atomic mass is 32.1. The lowest BCUT2D eigenvalue weighted by molar-refractivity contribution is -0.140. The molecular weight excluding hydrogens is 403 g/mol. The van der Waals surface area contributed by atoms with Gasteiger partial charge in [-0.2, -0.15) is 18.3 Å². The molecule has 4 rings (SSSR count). The van der Waals surface area contributed by atoms with E-state index in [4.69, 9.17) is 0 Å². The topological polar surface area (TPSA) is 72.7 Å². The van der Waals surface area contributed by atoms with Crippen molar-refractivity contribution in [3.8, 4) is 0 Å². The van der Waals surface area contributed by atoms with Gasteiger partial charge in [0, 0.05) is 30.0 Å². The van der Waals surface area contributed by atoms with Crippen LogP contribution in [0.4, 0.5) is 19.0 Å². The summed E-state index contributed by atoms with van der Waals surface area (Å²) >= 11 is 0.926. The van der Waals surface area contributed by atoms with Crippen molar-refractivity contribution in [2.75, 3.05) is 5.32 Å². The SMILES string of the molecule is Cc1c(C(=O)Nc2ccn(Cc3ccncc3)n2)sc2nc(C(F)(F)F)ccc12. The Balaban J connectivity index is 1.54. The Hall–Kier alpha value is -3.27. The van der Waals surface area contributed by atoms with Crippen LogP contribution in [0.5, 0.6) is 0 Å². The summed E-state index contributed by atoms with van der Waals surface area (Å²) in [6, 6.07) is 7.65. The summed E-state index contributed by atoms with van der Waals surface area (Å²) in [7, 11) is 0. The number of pyridine rings is 2. The van der Waals surface area contributed by atoms with Crippen LogP contribution in [0, 0.1) is 6.92 Å². The summed E-state index contributed by atoms with van der Waals surface area (Å²) in [4.78, 5) is 20.7. The molecular formula is C19H14F3N5OS. The number of rotatable bonds is 4. The monoisotopic (exact) mass is 417 g/mol. The number of anilines is 1. The fourth-order valence-corrected chi connectivity index (χ4v) is 3.91. The van der Waals surface area contributed by atoms with Crippen molar-refractivity contribution >= 4 is 33.3 Å². The first-order valence-corrected chi connectivity index (χ1v) is 9.34. The van der Waals surface area contributed by atoms with E-state index < -0.39 is 17.8 Å². The zero-order valence-electron chi connectivity index (χ0n) is 15.1. The van der Waals surface area contributed by atoms with E-state index in [-0.39, 0.29) is 4.83 Å². The van der Waals surface area contributed by atoms with Gasteiger partial charge in [-0.15, -0.1) is 11.3 Å². The Morgan fingerprint density at radius 3 is 2.66 bits per heavy atom. The summed E-state index contributed by atoms with van der Waals surface area (Å²) in [6.45, 7) is 2.20. The second kappa shape index (κ2) is 7.28. The van der Waals surface area contributed by atoms with E-state index in [1.165, 1.54) is 6.07 Å². The molecule has 0 aliphatic carbocycles. The Labute approximate surface area is 167 Å². The van der Waals surface area contributed by atoms with E-state index in [2.05, 4.69) is 20.4 Å². The predicted octanol–water partition coefficient (Wildman–Crippen LogP) is 4.52. The number of carbonyl (C=O) groups excluding carboxylic acids is 1. The maximum absolute atomic E-state index is 12.9. The predicted molar refractivity (Wildman–Crippen MR) is 103 cm³/mol. The average Bonchev–Trinajstić information content (AvgIpc) is 3.25. The first-order valence-electron chi connectivity index (χ1n) is 8.52. The summed E-state index contributed by atoms with van der Waals surface area (Å²) < 4.78 is 40.3. The molecule has 0 saturated carbocycles. The van der Waals surface area contributed by atoms with Gasteiger partial charge in [0.2, 0.25) is 0 Å². The smallest absolute Gasteiger partial charge is 0.304 e. The Kier molecular flexibility index (Phi) is 4.79. The molecule has 0 spiro atoms. The zero-order chi connectivity index (χ0) is 20.6. The van der Waals surface area contributed by atoms with E-state index in [9.17, 15) is 18.0 Å². The molecule has 4 heterocycles. The summed E-state index contributed by atoms with van der Waals surface area (Å²) in [6.07, 6.45) is 0.565. The molecule has 0 aliphatic rings. The molecule has 0 unspecified atom stereocenters. The van der Waals surface area contributed by atoms with Crippen LogP contribution >= 0.6 is 11.3 Å². The minimum absolute atomic E-state index is 0.172. The molecule has 10 heteroatoms. The van der Waals surface area contributed by atoms with Gasteiger partial charge in [0.05, 0.1) is 11.4 Å². The number of amides is 1. The molecule has 1 N–H and O–H groups in total. The van der Waals surface area contributed by atoms with Gasteiger partial charge in [0.25, 0.3) is 5.91 Å². The number of halogens is 3. The third kappa shape index (κ3) is 3.97. The van der Waals surface area contributed by atoms with Crippen LogP contribution in [-0.2, 0) is 12.7 Å². The second-order valence-corrected chi connectivity index (χ2v) is 7.31. The van der Waals surface area contributed by atoms with E-state index >= 15 is 0 Å². The standard InChI is InChI=1S/C19H14F3N5OS/c1-11-13-2-3-14(19(20,21)22)24-18(13)29-16(11)17(28)25-15-6-9-27(26-15)10-12-4-7-23-8-5-12/h2-9H,10H2,1H3,(H,25,26,28). The third-order valence-corrected chi connectivity index (χ3v) is 5.48. The van der Waals surface area contributed by atoms with Crippen LogP contribution in [0.15, 0.2) is 48.9 Å². The van der Waals surface area contributed by atoms with Gasteiger partial charge in [-0.3, -0.25) is 14.5 Å². The van der Waals surface area contributed by atoms with Crippen LogP contribution in [0.2, 0.25) is 0 Å². The lowest BCUT2D eigenvalue weighted by Gasteiger charge is -2.04. The average molecular weight is 417 g/mol. The molecule has 0 fully saturated rings. The molecule has 6 nitrogen and oxygen atoms in total. The van der Waals surface area contributed by atoms with Crippen molar-refractivity contribution < 1.29 is 18.0 Å². The van der Waals surface area contributed by atoms with Crippen LogP contribution in [-0.4, -0.2) is 25.7 Å². The number of thiophene rings is 1. The van der Waals surface area contributed by atoms with Crippen LogP contribution in [0.1, 0.15) is 26.5 Å². The molecule has 4 aromatic heterocycles. The van der Waals surface area contributed by atoms with E-state index in [0.717, 1.165) is 23.0 Å². The number of aryl methyl sites for hydroxylation is 1. The number of carbonyl (C=O) groups is 1. The van der Waals surface area contributed by atoms with Gasteiger partial charge < -0.3 is 5.32 Å². The maximum atomic E-state index is 12.9. The normalized spacial score (nSPS) is 11.7. The highest BCUT2D eigenvalue weighted by Crippen LogP contribution is 2.34. The van der Waals surface area contributed by atoms with Crippen molar-refractivity contribution in [3.63, 3.8) is 0 Å². The number of hydrogen-bond acceptors (Lipinski definition) is 5. The zero-order valence-corrected chi connectivity index (χ0v) is 15.9. The second-order valence-electron chi connectivity index (χ2n) is 6.31. The van der Waals surface area contributed by atoms with Crippen molar-refractivity contribution in [1.29, 1.82) is 0 Å². The fourth-order valence-electron chi connectivity index (χ4n) is 2.84. The quantitative estimate of drug-likeness (QED) is 0.530. The minimum atomic E-state index is -4.53. The molecule has 4 aromatic rings. The van der Waals surface area contributed by atoms with Crippen molar-refractivity contribution in [2.45, 2.75) is 19.6 Å². The molecule has 0 aromatic carbocycles. The summed E-state index contributed by atoms with van der Waals surface area (Å²) in [5.41, 5.74) is 0.612. The lowest BCUT2D eigenvalue weighted by atomic mass is 10.2. The number of aromatic nitrogens is 4. The molecule has 1 amide bonds. The number of hydrogen-bond donors (Lipinski definition) is 1. The van der Waals surface area contributed by atoms with Gasteiger partial charge in [-0.05, 0) is 42.3 Å². The largest absolute Gasteiger partial charge is 0.433 e. The van der Waals surface area contributed by atoms with Crippen molar-refractivity contribution in [3.05, 3.63) is 70.6 Å². The van der Waals surface area contributed by atoms with Crippen molar-refractivity contribution in [2.24, 2.45) is 0 Å². The molecule has 0 radical (unpaired) electrons. The number of nitrogens with one attached hydrogen (secondary N) is 1. The van der Waals surface area contributed by atoms with E-state index in [1.54, 1.807) is 36.3 Å². The van der Waals surface area contributed by atoms with E-state index in [0.29, 0.717) is 28.2 Å². The molecule has 0 saturated heterocycles. The van der Waals surface area contributed by atoms with Gasteiger partial charge in [0.15, 0.2) is 5.82 Å². The highest BCUT2D eigenvalue weighted by molar-refractivity contribution is 7.20. The molecule has 0 atom stereocenters. The van der Waals surface area contributed by atoms with Crippen LogP contribution in [0.3, 0.4) is 0 Å². The molecule has 0 bridgehead atoms. The first kappa shape index (κ1) is 19.1.